The molecule has 120 valence electrons. The highest BCUT2D eigenvalue weighted by atomic mass is 19.1. The summed E-state index contributed by atoms with van der Waals surface area (Å²) < 4.78 is 18.7. The number of aromatic nitrogens is 2. The SMILES string of the molecule is Cc1nc(CN2C[C@@H](F)C[C@H]2CNC(=O)C2=CCCC2)no1. The molecule has 1 aromatic rings. The molecule has 1 amide bonds. The van der Waals surface area contributed by atoms with Crippen molar-refractivity contribution in [3.63, 3.8) is 0 Å². The number of hydrogen-bond acceptors (Lipinski definition) is 5. The predicted molar refractivity (Wildman–Crippen MR) is 77.7 cm³/mol. The Morgan fingerprint density at radius 3 is 3.14 bits per heavy atom. The summed E-state index contributed by atoms with van der Waals surface area (Å²) >= 11 is 0. The lowest BCUT2D eigenvalue weighted by molar-refractivity contribution is -0.117. The van der Waals surface area contributed by atoms with E-state index in [1.54, 1.807) is 6.92 Å². The maximum atomic E-state index is 13.7. The van der Waals surface area contributed by atoms with Crippen LogP contribution < -0.4 is 5.32 Å². The molecule has 1 aliphatic heterocycles. The van der Waals surface area contributed by atoms with Crippen molar-refractivity contribution in [3.8, 4) is 0 Å². The Balaban J connectivity index is 1.55. The fraction of sp³-hybridized carbons (Fsp3) is 0.667. The molecule has 1 aliphatic carbocycles. The average molecular weight is 308 g/mol. The van der Waals surface area contributed by atoms with Gasteiger partial charge >= 0.3 is 0 Å². The summed E-state index contributed by atoms with van der Waals surface area (Å²) in [6.07, 6.45) is 4.40. The van der Waals surface area contributed by atoms with Crippen LogP contribution in [-0.4, -0.2) is 46.3 Å². The molecule has 0 spiro atoms. The van der Waals surface area contributed by atoms with Gasteiger partial charge in [0, 0.05) is 31.6 Å². The Labute approximate surface area is 128 Å². The molecule has 1 aromatic heterocycles. The van der Waals surface area contributed by atoms with Gasteiger partial charge in [-0.1, -0.05) is 11.2 Å². The van der Waals surface area contributed by atoms with Crippen molar-refractivity contribution in [2.45, 2.75) is 51.4 Å². The van der Waals surface area contributed by atoms with Crippen molar-refractivity contribution in [1.29, 1.82) is 0 Å². The van der Waals surface area contributed by atoms with Crippen molar-refractivity contribution >= 4 is 5.91 Å². The molecule has 2 aliphatic rings. The molecule has 0 saturated carbocycles. The van der Waals surface area contributed by atoms with E-state index in [1.165, 1.54) is 0 Å². The standard InChI is InChI=1S/C15H21FN4O2/c1-10-18-14(19-22-10)9-20-8-12(16)6-13(20)7-17-15(21)11-4-2-3-5-11/h4,12-13H,2-3,5-9H2,1H3,(H,17,21)/t12-,13-/m0/s1. The Kier molecular flexibility index (Phi) is 4.52. The largest absolute Gasteiger partial charge is 0.351 e. The third kappa shape index (κ3) is 3.52. The maximum Gasteiger partial charge on any atom is 0.246 e. The number of amides is 1. The topological polar surface area (TPSA) is 71.3 Å². The summed E-state index contributed by atoms with van der Waals surface area (Å²) in [5.74, 6) is 1.04. The van der Waals surface area contributed by atoms with Crippen LogP contribution in [0.2, 0.25) is 0 Å². The van der Waals surface area contributed by atoms with Gasteiger partial charge in [0.15, 0.2) is 5.82 Å². The van der Waals surface area contributed by atoms with Crippen molar-refractivity contribution in [1.82, 2.24) is 20.4 Å². The number of carbonyl (C=O) groups is 1. The zero-order chi connectivity index (χ0) is 15.5. The number of carbonyl (C=O) groups excluding carboxylic acids is 1. The van der Waals surface area contributed by atoms with E-state index < -0.39 is 6.17 Å². The van der Waals surface area contributed by atoms with Gasteiger partial charge in [-0.25, -0.2) is 4.39 Å². The molecule has 1 saturated heterocycles. The number of rotatable bonds is 5. The van der Waals surface area contributed by atoms with E-state index in [4.69, 9.17) is 4.52 Å². The number of alkyl halides is 1. The Morgan fingerprint density at radius 2 is 2.45 bits per heavy atom. The van der Waals surface area contributed by atoms with Crippen LogP contribution in [0.15, 0.2) is 16.2 Å². The van der Waals surface area contributed by atoms with E-state index in [0.29, 0.717) is 37.8 Å². The molecule has 0 aromatic carbocycles. The van der Waals surface area contributed by atoms with Crippen LogP contribution in [0.3, 0.4) is 0 Å². The van der Waals surface area contributed by atoms with Crippen LogP contribution in [0.25, 0.3) is 0 Å². The van der Waals surface area contributed by atoms with Crippen LogP contribution in [0.5, 0.6) is 0 Å². The van der Waals surface area contributed by atoms with Gasteiger partial charge in [-0.2, -0.15) is 4.98 Å². The average Bonchev–Trinajstić information content (AvgIpc) is 3.19. The van der Waals surface area contributed by atoms with Crippen molar-refractivity contribution in [2.24, 2.45) is 0 Å². The molecule has 7 heteroatoms. The summed E-state index contributed by atoms with van der Waals surface area (Å²) in [5, 5.41) is 6.78. The Morgan fingerprint density at radius 1 is 1.59 bits per heavy atom. The lowest BCUT2D eigenvalue weighted by Gasteiger charge is -2.22. The van der Waals surface area contributed by atoms with Crippen LogP contribution in [0, 0.1) is 6.92 Å². The van der Waals surface area contributed by atoms with Crippen molar-refractivity contribution in [3.05, 3.63) is 23.4 Å². The van der Waals surface area contributed by atoms with Gasteiger partial charge in [0.1, 0.15) is 6.17 Å². The summed E-state index contributed by atoms with van der Waals surface area (Å²) in [4.78, 5) is 18.1. The summed E-state index contributed by atoms with van der Waals surface area (Å²) in [5.41, 5.74) is 0.857. The monoisotopic (exact) mass is 308 g/mol. The van der Waals surface area contributed by atoms with Crippen LogP contribution in [0.4, 0.5) is 4.39 Å². The number of allylic oxidation sites excluding steroid dienone is 1. The highest BCUT2D eigenvalue weighted by Gasteiger charge is 2.33. The highest BCUT2D eigenvalue weighted by molar-refractivity contribution is 5.93. The lowest BCUT2D eigenvalue weighted by atomic mass is 10.2. The van der Waals surface area contributed by atoms with Gasteiger partial charge in [-0.05, 0) is 25.7 Å². The van der Waals surface area contributed by atoms with Crippen LogP contribution >= 0.6 is 0 Å². The minimum atomic E-state index is -0.874. The minimum Gasteiger partial charge on any atom is -0.351 e. The predicted octanol–water partition coefficient (Wildman–Crippen LogP) is 1.52. The molecule has 0 bridgehead atoms. The highest BCUT2D eigenvalue weighted by Crippen LogP contribution is 2.22. The molecule has 2 heterocycles. The van der Waals surface area contributed by atoms with Gasteiger partial charge in [-0.3, -0.25) is 9.69 Å². The molecule has 6 nitrogen and oxygen atoms in total. The molecular formula is C15H21FN4O2. The van der Waals surface area contributed by atoms with E-state index in [2.05, 4.69) is 15.5 Å². The van der Waals surface area contributed by atoms with Gasteiger partial charge in [0.25, 0.3) is 0 Å². The van der Waals surface area contributed by atoms with Gasteiger partial charge in [-0.15, -0.1) is 0 Å². The molecule has 0 unspecified atom stereocenters. The third-order valence-corrected chi connectivity index (χ3v) is 4.22. The maximum absolute atomic E-state index is 13.7. The molecular weight excluding hydrogens is 287 g/mol. The first-order valence-corrected chi connectivity index (χ1v) is 7.76. The molecule has 0 radical (unpaired) electrons. The van der Waals surface area contributed by atoms with E-state index in [1.807, 2.05) is 11.0 Å². The quantitative estimate of drug-likeness (QED) is 0.893. The Hall–Kier alpha value is -1.76. The minimum absolute atomic E-state index is 0.0184. The fourth-order valence-corrected chi connectivity index (χ4v) is 3.12. The second-order valence-electron chi connectivity index (χ2n) is 5.98. The van der Waals surface area contributed by atoms with Crippen LogP contribution in [-0.2, 0) is 11.3 Å². The molecule has 3 rings (SSSR count). The summed E-state index contributed by atoms with van der Waals surface area (Å²) in [7, 11) is 0. The van der Waals surface area contributed by atoms with E-state index in [9.17, 15) is 9.18 Å². The number of halogens is 1. The van der Waals surface area contributed by atoms with Gasteiger partial charge in [0.05, 0.1) is 6.54 Å². The molecule has 1 fully saturated rings. The number of hydrogen-bond donors (Lipinski definition) is 1. The van der Waals surface area contributed by atoms with Crippen LogP contribution in [0.1, 0.15) is 37.4 Å². The number of aryl methyl sites for hydroxylation is 1. The summed E-state index contributed by atoms with van der Waals surface area (Å²) in [6, 6.07) is -0.0280. The van der Waals surface area contributed by atoms with Gasteiger partial charge < -0.3 is 9.84 Å². The first-order valence-electron chi connectivity index (χ1n) is 7.76. The third-order valence-electron chi connectivity index (χ3n) is 4.22. The fourth-order valence-electron chi connectivity index (χ4n) is 3.12. The van der Waals surface area contributed by atoms with E-state index in [-0.39, 0.29) is 11.9 Å². The first kappa shape index (κ1) is 15.1. The lowest BCUT2D eigenvalue weighted by Crippen LogP contribution is -2.40. The van der Waals surface area contributed by atoms with Gasteiger partial charge in [0.2, 0.25) is 11.8 Å². The van der Waals surface area contributed by atoms with Crippen molar-refractivity contribution < 1.29 is 13.7 Å². The number of nitrogens with one attached hydrogen (secondary N) is 1. The smallest absolute Gasteiger partial charge is 0.246 e. The number of nitrogens with zero attached hydrogens (tertiary/aromatic N) is 3. The molecule has 1 N–H and O–H groups in total. The Bertz CT molecular complexity index is 572. The normalized spacial score (nSPS) is 25.5. The molecule has 22 heavy (non-hydrogen) atoms. The van der Waals surface area contributed by atoms with Crippen molar-refractivity contribution in [2.75, 3.05) is 13.1 Å². The number of likely N-dealkylation sites (tertiary alicyclic amines) is 1. The second-order valence-corrected chi connectivity index (χ2v) is 5.98. The zero-order valence-electron chi connectivity index (χ0n) is 12.7. The van der Waals surface area contributed by atoms with E-state index in [0.717, 1.165) is 24.8 Å². The zero-order valence-corrected chi connectivity index (χ0v) is 12.7. The summed E-state index contributed by atoms with van der Waals surface area (Å²) in [6.45, 7) is 2.97. The molecule has 2 atom stereocenters. The second kappa shape index (κ2) is 6.56. The first-order chi connectivity index (χ1) is 10.6. The van der Waals surface area contributed by atoms with E-state index >= 15 is 0 Å².